The number of benzene rings is 1. The van der Waals surface area contributed by atoms with Crippen LogP contribution in [0.3, 0.4) is 0 Å². The molecule has 1 aliphatic rings. The van der Waals surface area contributed by atoms with Gasteiger partial charge in [-0.1, -0.05) is 24.3 Å². The van der Waals surface area contributed by atoms with E-state index < -0.39 is 0 Å². The summed E-state index contributed by atoms with van der Waals surface area (Å²) in [5.74, 6) is 0.0318. The van der Waals surface area contributed by atoms with E-state index in [2.05, 4.69) is 4.98 Å². The third kappa shape index (κ3) is 1.51. The molecule has 0 saturated heterocycles. The Morgan fingerprint density at radius 1 is 1.12 bits per heavy atom. The van der Waals surface area contributed by atoms with E-state index >= 15 is 0 Å². The molecule has 84 valence electrons. The number of aromatic nitrogens is 1. The van der Waals surface area contributed by atoms with Crippen LogP contribution in [-0.4, -0.2) is 22.8 Å². The fourth-order valence-corrected chi connectivity index (χ4v) is 2.21. The van der Waals surface area contributed by atoms with Crippen LogP contribution in [0, 0.1) is 0 Å². The fourth-order valence-electron chi connectivity index (χ4n) is 2.21. The predicted octanol–water partition coefficient (Wildman–Crippen LogP) is 2.33. The number of hydrogen-bond acceptors (Lipinski definition) is 2. The molecule has 1 aliphatic heterocycles. The van der Waals surface area contributed by atoms with E-state index in [0.717, 1.165) is 16.8 Å². The molecule has 2 heterocycles. The van der Waals surface area contributed by atoms with Crippen LogP contribution in [-0.2, 0) is 6.54 Å². The number of carbonyl (C=O) groups is 1. The van der Waals surface area contributed by atoms with E-state index in [1.54, 1.807) is 17.2 Å². The Labute approximate surface area is 99.7 Å². The van der Waals surface area contributed by atoms with Crippen molar-refractivity contribution < 1.29 is 4.79 Å². The van der Waals surface area contributed by atoms with Crippen molar-refractivity contribution >= 4 is 5.91 Å². The first-order valence-electron chi connectivity index (χ1n) is 5.56. The molecule has 0 spiro atoms. The topological polar surface area (TPSA) is 33.2 Å². The molecule has 0 unspecified atom stereocenters. The zero-order chi connectivity index (χ0) is 11.8. The molecule has 1 aromatic heterocycles. The zero-order valence-electron chi connectivity index (χ0n) is 9.55. The number of carbonyl (C=O) groups excluding carboxylic acids is 1. The molecule has 1 aromatic carbocycles. The summed E-state index contributed by atoms with van der Waals surface area (Å²) >= 11 is 0. The number of pyridine rings is 1. The summed E-state index contributed by atoms with van der Waals surface area (Å²) in [6.07, 6.45) is 1.73. The van der Waals surface area contributed by atoms with Crippen molar-refractivity contribution in [2.75, 3.05) is 7.05 Å². The second-order valence-corrected chi connectivity index (χ2v) is 4.22. The molecule has 0 fully saturated rings. The van der Waals surface area contributed by atoms with Crippen LogP contribution in [0.15, 0.2) is 42.6 Å². The van der Waals surface area contributed by atoms with Crippen LogP contribution in [0.5, 0.6) is 0 Å². The van der Waals surface area contributed by atoms with Gasteiger partial charge in [0.15, 0.2) is 0 Å². The minimum Gasteiger partial charge on any atom is -0.337 e. The van der Waals surface area contributed by atoms with Crippen LogP contribution in [0.2, 0.25) is 0 Å². The summed E-state index contributed by atoms with van der Waals surface area (Å²) in [4.78, 5) is 18.3. The molecule has 3 heteroatoms. The molecule has 3 rings (SSSR count). The molecular formula is C14H12N2O. The van der Waals surface area contributed by atoms with Gasteiger partial charge in [-0.25, -0.2) is 0 Å². The molecule has 1 amide bonds. The minimum absolute atomic E-state index is 0.0318. The maximum atomic E-state index is 12.2. The van der Waals surface area contributed by atoms with Gasteiger partial charge in [0.05, 0.1) is 11.3 Å². The number of hydrogen-bond donors (Lipinski definition) is 0. The van der Waals surface area contributed by atoms with Gasteiger partial charge in [0.2, 0.25) is 0 Å². The van der Waals surface area contributed by atoms with Crippen LogP contribution < -0.4 is 0 Å². The summed E-state index contributed by atoms with van der Waals surface area (Å²) in [5.41, 5.74) is 3.67. The summed E-state index contributed by atoms with van der Waals surface area (Å²) in [7, 11) is 1.82. The number of nitrogens with zero attached hydrogens (tertiary/aromatic N) is 2. The van der Waals surface area contributed by atoms with Gasteiger partial charge in [-0.05, 0) is 17.7 Å². The lowest BCUT2D eigenvalue weighted by Gasteiger charge is -2.14. The van der Waals surface area contributed by atoms with Crippen molar-refractivity contribution in [3.8, 4) is 11.3 Å². The Hall–Kier alpha value is -2.16. The third-order valence-corrected chi connectivity index (χ3v) is 3.06. The van der Waals surface area contributed by atoms with Crippen molar-refractivity contribution in [2.24, 2.45) is 0 Å². The van der Waals surface area contributed by atoms with Crippen LogP contribution >= 0.6 is 0 Å². The molecule has 3 nitrogen and oxygen atoms in total. The monoisotopic (exact) mass is 224 g/mol. The number of amides is 1. The molecule has 0 bridgehead atoms. The zero-order valence-corrected chi connectivity index (χ0v) is 9.55. The Kier molecular flexibility index (Phi) is 2.18. The standard InChI is InChI=1S/C14H12N2O/c1-16-9-10-5-2-3-6-11(10)13-12(14(16)17)7-4-8-15-13/h2-8H,9H2,1H3. The SMILES string of the molecule is CN1Cc2ccccc2-c2ncccc2C1=O. The lowest BCUT2D eigenvalue weighted by molar-refractivity contribution is 0.0788. The maximum absolute atomic E-state index is 12.2. The smallest absolute Gasteiger partial charge is 0.256 e. The van der Waals surface area contributed by atoms with Crippen molar-refractivity contribution in [1.29, 1.82) is 0 Å². The van der Waals surface area contributed by atoms with Crippen LogP contribution in [0.4, 0.5) is 0 Å². The molecule has 0 atom stereocenters. The number of rotatable bonds is 0. The highest BCUT2D eigenvalue weighted by Crippen LogP contribution is 2.29. The van der Waals surface area contributed by atoms with Crippen molar-refractivity contribution in [3.05, 3.63) is 53.7 Å². The van der Waals surface area contributed by atoms with Crippen molar-refractivity contribution in [3.63, 3.8) is 0 Å². The van der Waals surface area contributed by atoms with Crippen LogP contribution in [0.1, 0.15) is 15.9 Å². The van der Waals surface area contributed by atoms with E-state index in [1.165, 1.54) is 0 Å². The summed E-state index contributed by atoms with van der Waals surface area (Å²) in [5, 5.41) is 0. The Morgan fingerprint density at radius 3 is 2.76 bits per heavy atom. The lowest BCUT2D eigenvalue weighted by Crippen LogP contribution is -2.24. The van der Waals surface area contributed by atoms with Gasteiger partial charge in [-0.2, -0.15) is 0 Å². The van der Waals surface area contributed by atoms with Gasteiger partial charge in [-0.15, -0.1) is 0 Å². The Bertz CT molecular complexity index is 592. The summed E-state index contributed by atoms with van der Waals surface area (Å²) < 4.78 is 0. The van der Waals surface area contributed by atoms with Crippen LogP contribution in [0.25, 0.3) is 11.3 Å². The lowest BCUT2D eigenvalue weighted by atomic mass is 10.0. The van der Waals surface area contributed by atoms with Gasteiger partial charge >= 0.3 is 0 Å². The first kappa shape index (κ1) is 10.0. The van der Waals surface area contributed by atoms with E-state index in [9.17, 15) is 4.79 Å². The van der Waals surface area contributed by atoms with E-state index in [1.807, 2.05) is 37.4 Å². The number of fused-ring (bicyclic) bond motifs is 3. The van der Waals surface area contributed by atoms with E-state index in [0.29, 0.717) is 12.1 Å². The molecular weight excluding hydrogens is 212 g/mol. The van der Waals surface area contributed by atoms with E-state index in [4.69, 9.17) is 0 Å². The Balaban J connectivity index is 2.33. The molecule has 0 N–H and O–H groups in total. The summed E-state index contributed by atoms with van der Waals surface area (Å²) in [6.45, 7) is 0.630. The third-order valence-electron chi connectivity index (χ3n) is 3.06. The molecule has 2 aromatic rings. The highest BCUT2D eigenvalue weighted by atomic mass is 16.2. The Morgan fingerprint density at radius 2 is 1.88 bits per heavy atom. The first-order chi connectivity index (χ1) is 8.27. The average molecular weight is 224 g/mol. The molecule has 17 heavy (non-hydrogen) atoms. The van der Waals surface area contributed by atoms with Gasteiger partial charge in [0.25, 0.3) is 5.91 Å². The first-order valence-corrected chi connectivity index (χ1v) is 5.56. The summed E-state index contributed by atoms with van der Waals surface area (Å²) in [6, 6.07) is 11.7. The highest BCUT2D eigenvalue weighted by Gasteiger charge is 2.23. The minimum atomic E-state index is 0.0318. The largest absolute Gasteiger partial charge is 0.337 e. The molecule has 0 radical (unpaired) electrons. The van der Waals surface area contributed by atoms with Crippen molar-refractivity contribution in [1.82, 2.24) is 9.88 Å². The van der Waals surface area contributed by atoms with Gasteiger partial charge in [0, 0.05) is 25.4 Å². The normalized spacial score (nSPS) is 13.9. The second-order valence-electron chi connectivity index (χ2n) is 4.22. The fraction of sp³-hybridized carbons (Fsp3) is 0.143. The van der Waals surface area contributed by atoms with E-state index in [-0.39, 0.29) is 5.91 Å². The molecule has 0 saturated carbocycles. The highest BCUT2D eigenvalue weighted by molar-refractivity contribution is 6.01. The predicted molar refractivity (Wildman–Crippen MR) is 65.5 cm³/mol. The van der Waals surface area contributed by atoms with Gasteiger partial charge in [0.1, 0.15) is 0 Å². The molecule has 0 aliphatic carbocycles. The maximum Gasteiger partial charge on any atom is 0.256 e. The van der Waals surface area contributed by atoms with Crippen molar-refractivity contribution in [2.45, 2.75) is 6.54 Å². The quantitative estimate of drug-likeness (QED) is 0.688. The van der Waals surface area contributed by atoms with Gasteiger partial charge < -0.3 is 4.90 Å². The average Bonchev–Trinajstić information content (AvgIpc) is 2.48. The second kappa shape index (κ2) is 3.70. The van der Waals surface area contributed by atoms with Gasteiger partial charge in [-0.3, -0.25) is 9.78 Å².